The zero-order valence-electron chi connectivity index (χ0n) is 11.8. The largest absolute Gasteiger partial charge is 0.484 e. The summed E-state index contributed by atoms with van der Waals surface area (Å²) >= 11 is 0. The lowest BCUT2D eigenvalue weighted by Gasteiger charge is -2.08. The molecule has 6 nitrogen and oxygen atoms in total. The predicted octanol–water partition coefficient (Wildman–Crippen LogP) is 1.51. The molecule has 0 aliphatic rings. The van der Waals surface area contributed by atoms with Crippen LogP contribution in [-0.2, 0) is 17.9 Å². The maximum atomic E-state index is 11.1. The Morgan fingerprint density at radius 2 is 2.10 bits per heavy atom. The fourth-order valence-corrected chi connectivity index (χ4v) is 1.71. The second-order valence-corrected chi connectivity index (χ2v) is 4.37. The summed E-state index contributed by atoms with van der Waals surface area (Å²) in [7, 11) is 1.56. The normalized spacial score (nSPS) is 10.2. The molecule has 0 aliphatic heterocycles. The Hall–Kier alpha value is -2.47. The summed E-state index contributed by atoms with van der Waals surface area (Å²) in [5.41, 5.74) is 0.853. The van der Waals surface area contributed by atoms with Crippen LogP contribution in [0.15, 0.2) is 40.8 Å². The lowest BCUT2D eigenvalue weighted by Crippen LogP contribution is -2.24. The van der Waals surface area contributed by atoms with Gasteiger partial charge in [0.15, 0.2) is 6.61 Å². The molecule has 1 amide bonds. The van der Waals surface area contributed by atoms with E-state index in [1.807, 2.05) is 18.2 Å². The van der Waals surface area contributed by atoms with Gasteiger partial charge in [0, 0.05) is 18.8 Å². The van der Waals surface area contributed by atoms with Gasteiger partial charge in [-0.1, -0.05) is 6.07 Å². The van der Waals surface area contributed by atoms with E-state index in [2.05, 4.69) is 10.6 Å². The number of likely N-dealkylation sites (N-methyl/N-ethyl adjacent to an activating group) is 1. The molecule has 0 bridgehead atoms. The second-order valence-electron chi connectivity index (χ2n) is 4.37. The standard InChI is InChI=1S/C15H18N2O4/c1-16-15(19)10-20-12-4-2-3-11(7-12)17-8-13-5-6-14(9-18)21-13/h2-7,17-18H,8-10H2,1H3,(H,16,19). The lowest BCUT2D eigenvalue weighted by atomic mass is 10.3. The third kappa shape index (κ3) is 4.54. The summed E-state index contributed by atoms with van der Waals surface area (Å²) < 4.78 is 10.7. The van der Waals surface area contributed by atoms with Crippen LogP contribution in [0, 0.1) is 0 Å². The Labute approximate surface area is 122 Å². The Morgan fingerprint density at radius 3 is 2.81 bits per heavy atom. The third-order valence-electron chi connectivity index (χ3n) is 2.82. The summed E-state index contributed by atoms with van der Waals surface area (Å²) in [6, 6.07) is 10.9. The van der Waals surface area contributed by atoms with E-state index in [9.17, 15) is 4.79 Å². The Balaban J connectivity index is 1.89. The van der Waals surface area contributed by atoms with E-state index in [1.165, 1.54) is 0 Å². The Morgan fingerprint density at radius 1 is 1.29 bits per heavy atom. The van der Waals surface area contributed by atoms with Crippen LogP contribution in [0.3, 0.4) is 0 Å². The number of furan rings is 1. The van der Waals surface area contributed by atoms with Crippen LogP contribution in [0.25, 0.3) is 0 Å². The number of carbonyl (C=O) groups is 1. The summed E-state index contributed by atoms with van der Waals surface area (Å²) in [6.45, 7) is 0.375. The van der Waals surface area contributed by atoms with Crippen LogP contribution >= 0.6 is 0 Å². The van der Waals surface area contributed by atoms with Gasteiger partial charge in [-0.05, 0) is 24.3 Å². The number of benzene rings is 1. The molecule has 0 radical (unpaired) electrons. The first-order valence-corrected chi connectivity index (χ1v) is 6.57. The number of carbonyl (C=O) groups excluding carboxylic acids is 1. The molecule has 6 heteroatoms. The number of hydrogen-bond donors (Lipinski definition) is 3. The van der Waals surface area contributed by atoms with Gasteiger partial charge in [0.05, 0.1) is 6.54 Å². The first-order chi connectivity index (χ1) is 10.2. The second kappa shape index (κ2) is 7.35. The van der Waals surface area contributed by atoms with Crippen molar-refractivity contribution in [3.63, 3.8) is 0 Å². The van der Waals surface area contributed by atoms with Crippen molar-refractivity contribution in [3.05, 3.63) is 47.9 Å². The molecule has 0 spiro atoms. The zero-order valence-corrected chi connectivity index (χ0v) is 11.8. The summed E-state index contributed by atoms with van der Waals surface area (Å²) in [6.07, 6.45) is 0. The van der Waals surface area contributed by atoms with Gasteiger partial charge in [0.1, 0.15) is 23.9 Å². The molecule has 1 aromatic heterocycles. The monoisotopic (exact) mass is 290 g/mol. The highest BCUT2D eigenvalue weighted by atomic mass is 16.5. The number of aliphatic hydroxyl groups is 1. The number of aliphatic hydroxyl groups excluding tert-OH is 1. The van der Waals surface area contributed by atoms with Crippen molar-refractivity contribution in [1.82, 2.24) is 5.32 Å². The first kappa shape index (κ1) is 14.9. The van der Waals surface area contributed by atoms with E-state index in [0.29, 0.717) is 18.1 Å². The summed E-state index contributed by atoms with van der Waals surface area (Å²) in [5.74, 6) is 1.70. The summed E-state index contributed by atoms with van der Waals surface area (Å²) in [4.78, 5) is 11.1. The minimum atomic E-state index is -0.180. The van der Waals surface area contributed by atoms with Crippen molar-refractivity contribution in [3.8, 4) is 5.75 Å². The molecule has 0 atom stereocenters. The maximum Gasteiger partial charge on any atom is 0.257 e. The average Bonchev–Trinajstić information content (AvgIpc) is 2.99. The quantitative estimate of drug-likeness (QED) is 0.720. The van der Waals surface area contributed by atoms with Crippen LogP contribution in [0.5, 0.6) is 5.75 Å². The Bertz CT molecular complexity index is 595. The first-order valence-electron chi connectivity index (χ1n) is 6.57. The van der Waals surface area contributed by atoms with Crippen molar-refractivity contribution in [2.45, 2.75) is 13.2 Å². The van der Waals surface area contributed by atoms with Crippen LogP contribution in [0.1, 0.15) is 11.5 Å². The number of nitrogens with one attached hydrogen (secondary N) is 2. The molecule has 0 saturated heterocycles. The molecule has 0 fully saturated rings. The van der Waals surface area contributed by atoms with E-state index >= 15 is 0 Å². The number of hydrogen-bond acceptors (Lipinski definition) is 5. The molecule has 0 aliphatic carbocycles. The average molecular weight is 290 g/mol. The van der Waals surface area contributed by atoms with Crippen molar-refractivity contribution in [2.75, 3.05) is 19.0 Å². The molecule has 112 valence electrons. The maximum absolute atomic E-state index is 11.1. The zero-order chi connectivity index (χ0) is 15.1. The minimum Gasteiger partial charge on any atom is -0.484 e. The van der Waals surface area contributed by atoms with Gasteiger partial charge in [0.2, 0.25) is 0 Å². The molecular weight excluding hydrogens is 272 g/mol. The highest BCUT2D eigenvalue weighted by Crippen LogP contribution is 2.18. The van der Waals surface area contributed by atoms with Crippen LogP contribution in [0.2, 0.25) is 0 Å². The van der Waals surface area contributed by atoms with E-state index < -0.39 is 0 Å². The number of rotatable bonds is 7. The van der Waals surface area contributed by atoms with Gasteiger partial charge < -0.3 is 24.9 Å². The summed E-state index contributed by atoms with van der Waals surface area (Å²) in [5, 5.41) is 14.6. The van der Waals surface area contributed by atoms with Gasteiger partial charge in [-0.3, -0.25) is 4.79 Å². The van der Waals surface area contributed by atoms with Crippen molar-refractivity contribution >= 4 is 11.6 Å². The predicted molar refractivity (Wildman–Crippen MR) is 78.0 cm³/mol. The number of amides is 1. The molecule has 1 aromatic carbocycles. The molecule has 0 saturated carbocycles. The molecule has 3 N–H and O–H groups in total. The van der Waals surface area contributed by atoms with Crippen LogP contribution in [-0.4, -0.2) is 24.7 Å². The molecule has 0 unspecified atom stereocenters. The lowest BCUT2D eigenvalue weighted by molar-refractivity contribution is -0.122. The van der Waals surface area contributed by atoms with Gasteiger partial charge >= 0.3 is 0 Å². The topological polar surface area (TPSA) is 83.7 Å². The highest BCUT2D eigenvalue weighted by Gasteiger charge is 2.03. The van der Waals surface area contributed by atoms with Gasteiger partial charge in [-0.2, -0.15) is 0 Å². The third-order valence-corrected chi connectivity index (χ3v) is 2.82. The minimum absolute atomic E-state index is 0.0159. The van der Waals surface area contributed by atoms with Crippen molar-refractivity contribution < 1.29 is 19.1 Å². The van der Waals surface area contributed by atoms with E-state index in [-0.39, 0.29) is 19.1 Å². The van der Waals surface area contributed by atoms with Gasteiger partial charge in [-0.15, -0.1) is 0 Å². The molecule has 1 heterocycles. The molecule has 21 heavy (non-hydrogen) atoms. The van der Waals surface area contributed by atoms with Crippen molar-refractivity contribution in [2.24, 2.45) is 0 Å². The highest BCUT2D eigenvalue weighted by molar-refractivity contribution is 5.77. The van der Waals surface area contributed by atoms with Crippen LogP contribution < -0.4 is 15.4 Å². The van der Waals surface area contributed by atoms with E-state index in [4.69, 9.17) is 14.3 Å². The molecular formula is C15H18N2O4. The van der Waals surface area contributed by atoms with Gasteiger partial charge in [0.25, 0.3) is 5.91 Å². The Kier molecular flexibility index (Phi) is 5.22. The van der Waals surface area contributed by atoms with Crippen LogP contribution in [0.4, 0.5) is 5.69 Å². The fourth-order valence-electron chi connectivity index (χ4n) is 1.71. The fraction of sp³-hybridized carbons (Fsp3) is 0.267. The molecule has 2 aromatic rings. The van der Waals surface area contributed by atoms with Gasteiger partial charge in [-0.25, -0.2) is 0 Å². The number of ether oxygens (including phenoxy) is 1. The molecule has 2 rings (SSSR count). The van der Waals surface area contributed by atoms with E-state index in [0.717, 1.165) is 11.4 Å². The van der Waals surface area contributed by atoms with Crippen molar-refractivity contribution in [1.29, 1.82) is 0 Å². The van der Waals surface area contributed by atoms with E-state index in [1.54, 1.807) is 25.2 Å². The number of anilines is 1. The SMILES string of the molecule is CNC(=O)COc1cccc(NCc2ccc(CO)o2)c1. The smallest absolute Gasteiger partial charge is 0.257 e.